The number of likely N-dealkylation sites (tertiary alicyclic amines) is 1. The highest BCUT2D eigenvalue weighted by Gasteiger charge is 2.31. The molecule has 1 aromatic carbocycles. The minimum absolute atomic E-state index is 0.0242. The van der Waals surface area contributed by atoms with Gasteiger partial charge in [0.25, 0.3) is 0 Å². The third-order valence-electron chi connectivity index (χ3n) is 4.34. The molecule has 0 spiro atoms. The fraction of sp³-hybridized carbons (Fsp3) is 0.588. The molecule has 0 aliphatic carbocycles. The van der Waals surface area contributed by atoms with Gasteiger partial charge in [0.15, 0.2) is 0 Å². The Bertz CT molecular complexity index is 506. The van der Waals surface area contributed by atoms with Crippen LogP contribution < -0.4 is 10.1 Å². The van der Waals surface area contributed by atoms with Crippen LogP contribution in [0.5, 0.6) is 5.75 Å². The van der Waals surface area contributed by atoms with E-state index in [2.05, 4.69) is 5.32 Å². The Morgan fingerprint density at radius 3 is 2.95 bits per heavy atom. The summed E-state index contributed by atoms with van der Waals surface area (Å²) in [6, 6.07) is 7.58. The first-order valence-corrected chi connectivity index (χ1v) is 7.88. The minimum Gasteiger partial charge on any atom is -0.497 e. The Kier molecular flexibility index (Phi) is 5.80. The van der Waals surface area contributed by atoms with Crippen LogP contribution in [0.2, 0.25) is 0 Å². The second-order valence-electron chi connectivity index (χ2n) is 5.90. The number of hydrogen-bond donors (Lipinski definition) is 2. The first-order chi connectivity index (χ1) is 10.6. The molecule has 0 aromatic heterocycles. The van der Waals surface area contributed by atoms with Gasteiger partial charge >= 0.3 is 0 Å². The number of benzene rings is 1. The normalized spacial score (nSPS) is 20.7. The van der Waals surface area contributed by atoms with Crippen LogP contribution in [-0.2, 0) is 4.79 Å². The second kappa shape index (κ2) is 7.61. The molecule has 0 saturated carbocycles. The average molecular weight is 306 g/mol. The number of methoxy groups -OCH3 is 1. The number of ether oxygens (including phenoxy) is 1. The van der Waals surface area contributed by atoms with Gasteiger partial charge in [-0.25, -0.2) is 0 Å². The summed E-state index contributed by atoms with van der Waals surface area (Å²) in [4.78, 5) is 14.3. The van der Waals surface area contributed by atoms with Crippen LogP contribution in [0.25, 0.3) is 0 Å². The van der Waals surface area contributed by atoms with Crippen molar-refractivity contribution in [2.24, 2.45) is 0 Å². The molecule has 22 heavy (non-hydrogen) atoms. The Labute approximate surface area is 132 Å². The standard InChI is InChI=1S/C17H26N2O3/c1-12(14-6-4-8-16(10-14)22-3)18-13(2)17(21)19-9-5-7-15(19)11-20/h4,6,8,10,12-13,15,18,20H,5,7,9,11H2,1-3H3/t12-,13+,15+/m0/s1. The van der Waals surface area contributed by atoms with Crippen molar-refractivity contribution < 1.29 is 14.6 Å². The molecule has 1 aliphatic rings. The zero-order chi connectivity index (χ0) is 16.1. The van der Waals surface area contributed by atoms with Crippen molar-refractivity contribution in [3.8, 4) is 5.75 Å². The summed E-state index contributed by atoms with van der Waals surface area (Å²) >= 11 is 0. The molecule has 122 valence electrons. The molecule has 0 radical (unpaired) electrons. The first-order valence-electron chi connectivity index (χ1n) is 7.88. The van der Waals surface area contributed by atoms with E-state index in [0.717, 1.165) is 30.7 Å². The van der Waals surface area contributed by atoms with Crippen molar-refractivity contribution in [3.63, 3.8) is 0 Å². The van der Waals surface area contributed by atoms with E-state index in [4.69, 9.17) is 4.74 Å². The Hall–Kier alpha value is -1.59. The average Bonchev–Trinajstić information content (AvgIpc) is 3.02. The Morgan fingerprint density at radius 2 is 2.27 bits per heavy atom. The fourth-order valence-electron chi connectivity index (χ4n) is 3.02. The molecule has 2 N–H and O–H groups in total. The van der Waals surface area contributed by atoms with Crippen LogP contribution in [0.4, 0.5) is 0 Å². The molecule has 1 heterocycles. The summed E-state index contributed by atoms with van der Waals surface area (Å²) in [6.45, 7) is 4.70. The lowest BCUT2D eigenvalue weighted by atomic mass is 10.1. The van der Waals surface area contributed by atoms with Gasteiger partial charge in [0.05, 0.1) is 25.8 Å². The molecule has 3 atom stereocenters. The van der Waals surface area contributed by atoms with Gasteiger partial charge in [-0.15, -0.1) is 0 Å². The largest absolute Gasteiger partial charge is 0.497 e. The highest BCUT2D eigenvalue weighted by Crippen LogP contribution is 2.21. The van der Waals surface area contributed by atoms with E-state index in [-0.39, 0.29) is 30.6 Å². The molecule has 1 fully saturated rings. The second-order valence-corrected chi connectivity index (χ2v) is 5.90. The molecule has 2 rings (SSSR count). The van der Waals surface area contributed by atoms with Gasteiger partial charge in [0.2, 0.25) is 5.91 Å². The van der Waals surface area contributed by atoms with Gasteiger partial charge in [-0.1, -0.05) is 12.1 Å². The molecule has 1 aromatic rings. The van der Waals surface area contributed by atoms with E-state index < -0.39 is 0 Å². The molecule has 1 amide bonds. The molecule has 0 unspecified atom stereocenters. The van der Waals surface area contributed by atoms with Gasteiger partial charge < -0.3 is 14.7 Å². The quantitative estimate of drug-likeness (QED) is 0.840. The SMILES string of the molecule is COc1cccc([C@H](C)N[C@H](C)C(=O)N2CCC[C@@H]2CO)c1. The summed E-state index contributed by atoms with van der Waals surface area (Å²) in [5, 5.41) is 12.7. The zero-order valence-electron chi connectivity index (χ0n) is 13.6. The van der Waals surface area contributed by atoms with Crippen molar-refractivity contribution >= 4 is 5.91 Å². The number of rotatable bonds is 6. The number of nitrogens with one attached hydrogen (secondary N) is 1. The van der Waals surface area contributed by atoms with E-state index in [1.165, 1.54) is 0 Å². The van der Waals surface area contributed by atoms with Crippen LogP contribution in [0.3, 0.4) is 0 Å². The lowest BCUT2D eigenvalue weighted by molar-refractivity contribution is -0.134. The Morgan fingerprint density at radius 1 is 1.50 bits per heavy atom. The third-order valence-corrected chi connectivity index (χ3v) is 4.34. The van der Waals surface area contributed by atoms with Crippen molar-refractivity contribution in [3.05, 3.63) is 29.8 Å². The van der Waals surface area contributed by atoms with Crippen molar-refractivity contribution in [1.82, 2.24) is 10.2 Å². The predicted octanol–water partition coefficient (Wildman–Crippen LogP) is 1.72. The van der Waals surface area contributed by atoms with Gasteiger partial charge in [0, 0.05) is 12.6 Å². The highest BCUT2D eigenvalue weighted by molar-refractivity contribution is 5.82. The lowest BCUT2D eigenvalue weighted by Gasteiger charge is -2.28. The van der Waals surface area contributed by atoms with Crippen LogP contribution in [0.15, 0.2) is 24.3 Å². The van der Waals surface area contributed by atoms with Crippen LogP contribution in [-0.4, -0.2) is 48.3 Å². The molecule has 0 bridgehead atoms. The number of aliphatic hydroxyl groups excluding tert-OH is 1. The summed E-state index contributed by atoms with van der Waals surface area (Å²) in [7, 11) is 1.64. The van der Waals surface area contributed by atoms with Crippen molar-refractivity contribution in [2.75, 3.05) is 20.3 Å². The first kappa shape index (κ1) is 16.8. The number of hydrogen-bond acceptors (Lipinski definition) is 4. The van der Waals surface area contributed by atoms with E-state index in [0.29, 0.717) is 0 Å². The van der Waals surface area contributed by atoms with E-state index >= 15 is 0 Å². The number of carbonyl (C=O) groups excluding carboxylic acids is 1. The van der Waals surface area contributed by atoms with Gasteiger partial charge in [0.1, 0.15) is 5.75 Å². The van der Waals surface area contributed by atoms with Gasteiger partial charge in [-0.2, -0.15) is 0 Å². The minimum atomic E-state index is -0.284. The molecule has 1 saturated heterocycles. The van der Waals surface area contributed by atoms with Crippen molar-refractivity contribution in [1.29, 1.82) is 0 Å². The maximum Gasteiger partial charge on any atom is 0.239 e. The van der Waals surface area contributed by atoms with Gasteiger partial charge in [-0.3, -0.25) is 10.1 Å². The molecule has 1 aliphatic heterocycles. The summed E-state index contributed by atoms with van der Waals surface area (Å²) < 4.78 is 5.24. The maximum atomic E-state index is 12.5. The van der Waals surface area contributed by atoms with Crippen molar-refractivity contribution in [2.45, 2.75) is 44.8 Å². The number of carbonyl (C=O) groups is 1. The smallest absolute Gasteiger partial charge is 0.239 e. The number of aliphatic hydroxyl groups is 1. The molecular weight excluding hydrogens is 280 g/mol. The summed E-state index contributed by atoms with van der Waals surface area (Å²) in [5.41, 5.74) is 1.08. The Balaban J connectivity index is 1.98. The van der Waals surface area contributed by atoms with E-state index in [9.17, 15) is 9.90 Å². The predicted molar refractivity (Wildman–Crippen MR) is 85.8 cm³/mol. The monoisotopic (exact) mass is 306 g/mol. The maximum absolute atomic E-state index is 12.5. The van der Waals surface area contributed by atoms with Gasteiger partial charge in [-0.05, 0) is 44.4 Å². The zero-order valence-corrected chi connectivity index (χ0v) is 13.6. The molecule has 5 heteroatoms. The lowest BCUT2D eigenvalue weighted by Crippen LogP contribution is -2.48. The van der Waals surface area contributed by atoms with Crippen LogP contribution >= 0.6 is 0 Å². The van der Waals surface area contributed by atoms with E-state index in [1.54, 1.807) is 12.0 Å². The molecular formula is C17H26N2O3. The fourth-order valence-corrected chi connectivity index (χ4v) is 3.02. The third kappa shape index (κ3) is 3.78. The summed E-state index contributed by atoms with van der Waals surface area (Å²) in [5.74, 6) is 0.872. The van der Waals surface area contributed by atoms with Crippen LogP contribution in [0, 0.1) is 0 Å². The highest BCUT2D eigenvalue weighted by atomic mass is 16.5. The number of amides is 1. The summed E-state index contributed by atoms with van der Waals surface area (Å²) in [6.07, 6.45) is 1.86. The topological polar surface area (TPSA) is 61.8 Å². The van der Waals surface area contributed by atoms with E-state index in [1.807, 2.05) is 38.1 Å². The molecule has 5 nitrogen and oxygen atoms in total. The number of nitrogens with zero attached hydrogens (tertiary/aromatic N) is 1. The van der Waals surface area contributed by atoms with Crippen LogP contribution in [0.1, 0.15) is 38.3 Å².